The maximum atomic E-state index is 12.8. The molecule has 0 aromatic rings. The van der Waals surface area contributed by atoms with E-state index in [2.05, 4.69) is 5.32 Å². The first-order valence-corrected chi connectivity index (χ1v) is 4.10. The van der Waals surface area contributed by atoms with Crippen molar-refractivity contribution in [1.29, 1.82) is 0 Å². The Bertz CT molecular complexity index is 244. The monoisotopic (exact) mass is 194 g/mol. The average molecular weight is 194 g/mol. The van der Waals surface area contributed by atoms with Gasteiger partial charge in [-0.05, 0) is 19.9 Å². The van der Waals surface area contributed by atoms with Crippen molar-refractivity contribution in [3.63, 3.8) is 0 Å². The molecule has 0 bridgehead atoms. The Labute approximate surface area is 76.5 Å². The van der Waals surface area contributed by atoms with Gasteiger partial charge in [-0.15, -0.1) is 0 Å². The normalized spacial score (nSPS) is 36.8. The van der Waals surface area contributed by atoms with Crippen molar-refractivity contribution in [3.8, 4) is 0 Å². The first kappa shape index (κ1) is 8.87. The van der Waals surface area contributed by atoms with Gasteiger partial charge < -0.3 is 10.4 Å². The molecule has 3 nitrogen and oxygen atoms in total. The molecule has 1 saturated heterocycles. The lowest BCUT2D eigenvalue weighted by molar-refractivity contribution is -0.157. The second kappa shape index (κ2) is 3.57. The molecule has 0 amide bonds. The van der Waals surface area contributed by atoms with E-state index in [1.54, 1.807) is 0 Å². The van der Waals surface area contributed by atoms with Crippen LogP contribution in [0, 0.1) is 11.3 Å². The molecule has 0 aromatic carbocycles. The highest BCUT2D eigenvalue weighted by atomic mass is 19.3. The molecule has 1 fully saturated rings. The van der Waals surface area contributed by atoms with Crippen molar-refractivity contribution in [3.05, 3.63) is 0 Å². The van der Waals surface area contributed by atoms with Gasteiger partial charge in [-0.25, -0.2) is 8.78 Å². The molecule has 0 spiro atoms. The third-order valence-electron chi connectivity index (χ3n) is 2.62. The van der Waals surface area contributed by atoms with Crippen LogP contribution in [-0.2, 0) is 4.79 Å². The second-order valence-electron chi connectivity index (χ2n) is 3.53. The molecule has 0 aliphatic carbocycles. The molecule has 0 unspecified atom stereocenters. The highest BCUT2D eigenvalue weighted by molar-refractivity contribution is 5.75. The average Bonchev–Trinajstić information content (AvgIpc) is 2.02. The number of carboxylic acid groups (broad SMARTS) is 1. The van der Waals surface area contributed by atoms with E-state index < -0.39 is 23.7 Å². The van der Waals surface area contributed by atoms with E-state index in [1.807, 2.05) is 0 Å². The Balaban J connectivity index is 2.95. The third-order valence-corrected chi connectivity index (χ3v) is 2.62. The molecule has 0 radical (unpaired) electrons. The number of hydrogen-bond acceptors (Lipinski definition) is 2. The van der Waals surface area contributed by atoms with Crippen molar-refractivity contribution in [2.75, 3.05) is 13.1 Å². The van der Waals surface area contributed by atoms with Crippen molar-refractivity contribution in [1.82, 2.24) is 5.32 Å². The maximum absolute atomic E-state index is 12.8. The number of halogens is 2. The van der Waals surface area contributed by atoms with Crippen LogP contribution in [0.5, 0.6) is 0 Å². The van der Waals surface area contributed by atoms with Gasteiger partial charge in [0.25, 0.3) is 0 Å². The highest BCUT2D eigenvalue weighted by Gasteiger charge is 2.47. The summed E-state index contributed by atoms with van der Waals surface area (Å²) in [5.41, 5.74) is -1.55. The smallest absolute Gasteiger partial charge is 0.311 e. The van der Waals surface area contributed by atoms with E-state index in [9.17, 15) is 13.6 Å². The van der Waals surface area contributed by atoms with Gasteiger partial charge in [0.15, 0.2) is 0 Å². The first-order valence-electron chi connectivity index (χ1n) is 4.60. The second-order valence-corrected chi connectivity index (χ2v) is 3.53. The molecule has 1 aliphatic heterocycles. The number of alkyl halides is 2. The zero-order valence-corrected chi connectivity index (χ0v) is 7.31. The number of carboxylic acids is 1. The van der Waals surface area contributed by atoms with Crippen LogP contribution in [0.1, 0.15) is 14.7 Å². The van der Waals surface area contributed by atoms with Crippen LogP contribution >= 0.6 is 0 Å². The topological polar surface area (TPSA) is 49.3 Å². The number of rotatable bonds is 2. The summed E-state index contributed by atoms with van der Waals surface area (Å²) in [6.45, 7) is 1.58. The molecule has 0 saturated carbocycles. The molecule has 2 N–H and O–H groups in total. The summed E-state index contributed by atoms with van der Waals surface area (Å²) >= 11 is 0. The molecular formula is C8H13F2NO2. The summed E-state index contributed by atoms with van der Waals surface area (Å²) in [6, 6.07) is 0. The van der Waals surface area contributed by atoms with Crippen LogP contribution < -0.4 is 5.32 Å². The van der Waals surface area contributed by atoms with Crippen molar-refractivity contribution >= 4 is 5.97 Å². The number of hydrogen-bond donors (Lipinski definition) is 2. The van der Waals surface area contributed by atoms with Crippen LogP contribution in [-0.4, -0.2) is 30.6 Å². The highest BCUT2D eigenvalue weighted by Crippen LogP contribution is 2.36. The van der Waals surface area contributed by atoms with Crippen LogP contribution in [0.4, 0.5) is 8.78 Å². The van der Waals surface area contributed by atoms with Crippen LogP contribution in [0.3, 0.4) is 0 Å². The van der Waals surface area contributed by atoms with Gasteiger partial charge >= 0.3 is 5.97 Å². The summed E-state index contributed by atoms with van der Waals surface area (Å²) in [5.74, 6) is -2.70. The Kier molecular flexibility index (Phi) is 2.44. The largest absolute Gasteiger partial charge is 0.481 e. The van der Waals surface area contributed by atoms with Gasteiger partial charge in [0.2, 0.25) is 6.40 Å². The van der Waals surface area contributed by atoms with Gasteiger partial charge in [0, 0.05) is 12.5 Å². The molecule has 13 heavy (non-hydrogen) atoms. The fourth-order valence-electron chi connectivity index (χ4n) is 1.61. The minimum absolute atomic E-state index is 0.0124. The fourth-order valence-corrected chi connectivity index (χ4v) is 1.61. The Morgan fingerprint density at radius 3 is 2.85 bits per heavy atom. The maximum Gasteiger partial charge on any atom is 0.311 e. The van der Waals surface area contributed by atoms with Crippen LogP contribution in [0.25, 0.3) is 0 Å². The van der Waals surface area contributed by atoms with Gasteiger partial charge in [0.05, 0.1) is 5.41 Å². The molecule has 0 aromatic heterocycles. The molecule has 1 rings (SSSR count). The zero-order chi connectivity index (χ0) is 11.0. The van der Waals surface area contributed by atoms with Gasteiger partial charge in [-0.1, -0.05) is 0 Å². The van der Waals surface area contributed by atoms with E-state index >= 15 is 0 Å². The number of aliphatic carboxylic acids is 1. The number of piperidine rings is 1. The zero-order valence-electron chi connectivity index (χ0n) is 8.31. The fraction of sp³-hybridized carbons (Fsp3) is 0.875. The summed E-state index contributed by atoms with van der Waals surface area (Å²) in [4.78, 5) is 10.9. The van der Waals surface area contributed by atoms with Gasteiger partial charge in [-0.3, -0.25) is 4.79 Å². The van der Waals surface area contributed by atoms with E-state index in [0.29, 0.717) is 6.54 Å². The summed E-state index contributed by atoms with van der Waals surface area (Å²) in [6.07, 6.45) is -3.67. The standard InChI is InChI=1S/C8H13F2NO2/c1-8(7(12)13)4-11-3-2-5(8)6(9)10/h5-6,11H,2-4H2,1H3,(H,12,13)/t5-,8-/m1/s1/i6D. The predicted molar refractivity (Wildman–Crippen MR) is 42.7 cm³/mol. The number of carbonyl (C=O) groups is 1. The third kappa shape index (κ3) is 1.80. The molecule has 1 aliphatic rings. The molecular weight excluding hydrogens is 180 g/mol. The summed E-state index contributed by atoms with van der Waals surface area (Å²) in [7, 11) is 0. The lowest BCUT2D eigenvalue weighted by Crippen LogP contribution is -2.51. The molecule has 2 atom stereocenters. The van der Waals surface area contributed by atoms with Crippen LogP contribution in [0.15, 0.2) is 0 Å². The molecule has 5 heteroatoms. The van der Waals surface area contributed by atoms with Crippen LogP contribution in [0.2, 0.25) is 0 Å². The molecule has 1 heterocycles. The van der Waals surface area contributed by atoms with Crippen molar-refractivity contribution < 1.29 is 20.1 Å². The predicted octanol–water partition coefficient (Wildman–Crippen LogP) is 0.952. The van der Waals surface area contributed by atoms with E-state index in [1.165, 1.54) is 6.92 Å². The van der Waals surface area contributed by atoms with Gasteiger partial charge in [-0.2, -0.15) is 0 Å². The van der Waals surface area contributed by atoms with Gasteiger partial charge in [0.1, 0.15) is 1.37 Å². The van der Waals surface area contributed by atoms with E-state index in [-0.39, 0.29) is 13.0 Å². The lowest BCUT2D eigenvalue weighted by Gasteiger charge is -2.37. The summed E-state index contributed by atoms with van der Waals surface area (Å²) in [5, 5.41) is 11.6. The quantitative estimate of drug-likeness (QED) is 0.688. The van der Waals surface area contributed by atoms with Crippen molar-refractivity contribution in [2.24, 2.45) is 11.3 Å². The first-order chi connectivity index (χ1) is 6.28. The molecule has 76 valence electrons. The minimum atomic E-state index is -3.69. The van der Waals surface area contributed by atoms with E-state index in [4.69, 9.17) is 6.48 Å². The Morgan fingerprint density at radius 1 is 1.85 bits per heavy atom. The van der Waals surface area contributed by atoms with Crippen molar-refractivity contribution in [2.45, 2.75) is 19.7 Å². The number of nitrogens with one attached hydrogen (secondary N) is 1. The summed E-state index contributed by atoms with van der Waals surface area (Å²) < 4.78 is 32.3. The lowest BCUT2D eigenvalue weighted by atomic mass is 9.73. The Morgan fingerprint density at radius 2 is 2.46 bits per heavy atom. The SMILES string of the molecule is [2H]C(F)(F)[C@H]1CCNC[C@@]1(C)C(=O)O. The Hall–Kier alpha value is -0.710. The van der Waals surface area contributed by atoms with E-state index in [0.717, 1.165) is 0 Å². The minimum Gasteiger partial charge on any atom is -0.481 e.